The summed E-state index contributed by atoms with van der Waals surface area (Å²) in [6.45, 7) is 6.65. The third-order valence-corrected chi connectivity index (χ3v) is 15.2. The van der Waals surface area contributed by atoms with Gasteiger partial charge in [0.25, 0.3) is 0 Å². The van der Waals surface area contributed by atoms with Gasteiger partial charge in [-0.05, 0) is 109 Å². The molecule has 1 atom stereocenters. The second-order valence-electron chi connectivity index (χ2n) is 23.1. The van der Waals surface area contributed by atoms with Crippen LogP contribution in [0.25, 0.3) is 0 Å². The number of carbonyl (C=O) groups excluding carboxylic acids is 3. The summed E-state index contributed by atoms with van der Waals surface area (Å²) in [6, 6.07) is 0. The first kappa shape index (κ1) is 75.1. The minimum Gasteiger partial charge on any atom is -0.462 e. The van der Waals surface area contributed by atoms with Crippen LogP contribution >= 0.6 is 0 Å². The molecule has 0 saturated carbocycles. The van der Waals surface area contributed by atoms with E-state index in [2.05, 4.69) is 81.5 Å². The Morgan fingerprint density at radius 1 is 0.256 bits per heavy atom. The Morgan fingerprint density at radius 3 is 0.731 bits per heavy atom. The summed E-state index contributed by atoms with van der Waals surface area (Å²) in [5, 5.41) is 0. The van der Waals surface area contributed by atoms with E-state index in [0.717, 1.165) is 83.5 Å². The molecular formula is C72H130O6. The quantitative estimate of drug-likeness (QED) is 0.0261. The Bertz CT molecular complexity index is 1390. The van der Waals surface area contributed by atoms with Crippen LogP contribution in [0, 0.1) is 0 Å². The van der Waals surface area contributed by atoms with Gasteiger partial charge in [0.05, 0.1) is 0 Å². The van der Waals surface area contributed by atoms with Crippen molar-refractivity contribution in [3.8, 4) is 0 Å². The Morgan fingerprint density at radius 2 is 0.462 bits per heavy atom. The Balaban J connectivity index is 4.32. The van der Waals surface area contributed by atoms with Crippen LogP contribution in [-0.4, -0.2) is 37.2 Å². The molecule has 0 aromatic rings. The molecule has 0 bridgehead atoms. The fourth-order valence-electron chi connectivity index (χ4n) is 10.0. The maximum Gasteiger partial charge on any atom is 0.306 e. The predicted molar refractivity (Wildman–Crippen MR) is 339 cm³/mol. The molecule has 0 saturated heterocycles. The van der Waals surface area contributed by atoms with Gasteiger partial charge in [-0.1, -0.05) is 293 Å². The van der Waals surface area contributed by atoms with E-state index >= 15 is 0 Å². The highest BCUT2D eigenvalue weighted by Crippen LogP contribution is 2.17. The van der Waals surface area contributed by atoms with Gasteiger partial charge >= 0.3 is 17.9 Å². The number of hydrogen-bond donors (Lipinski definition) is 0. The van der Waals surface area contributed by atoms with Crippen molar-refractivity contribution >= 4 is 17.9 Å². The summed E-state index contributed by atoms with van der Waals surface area (Å²) < 4.78 is 17.0. The molecule has 0 rings (SSSR count). The number of esters is 3. The lowest BCUT2D eigenvalue weighted by Crippen LogP contribution is -2.30. The first-order chi connectivity index (χ1) is 38.5. The van der Waals surface area contributed by atoms with Crippen LogP contribution in [0.3, 0.4) is 0 Å². The van der Waals surface area contributed by atoms with Crippen molar-refractivity contribution < 1.29 is 28.6 Å². The third-order valence-electron chi connectivity index (χ3n) is 15.2. The Labute approximate surface area is 485 Å². The van der Waals surface area contributed by atoms with Gasteiger partial charge in [0, 0.05) is 19.3 Å². The van der Waals surface area contributed by atoms with Gasteiger partial charge < -0.3 is 14.2 Å². The van der Waals surface area contributed by atoms with Gasteiger partial charge in [-0.2, -0.15) is 0 Å². The summed E-state index contributed by atoms with van der Waals surface area (Å²) in [5.41, 5.74) is 0. The topological polar surface area (TPSA) is 78.9 Å². The summed E-state index contributed by atoms with van der Waals surface area (Å²) in [5.74, 6) is -0.874. The van der Waals surface area contributed by atoms with E-state index in [4.69, 9.17) is 14.2 Å². The van der Waals surface area contributed by atoms with Gasteiger partial charge in [0.2, 0.25) is 0 Å². The van der Waals surface area contributed by atoms with Crippen LogP contribution in [0.1, 0.15) is 361 Å². The maximum atomic E-state index is 12.9. The highest BCUT2D eigenvalue weighted by molar-refractivity contribution is 5.71. The molecule has 0 fully saturated rings. The average molecular weight is 1090 g/mol. The zero-order valence-corrected chi connectivity index (χ0v) is 52.2. The highest BCUT2D eigenvalue weighted by atomic mass is 16.6. The lowest BCUT2D eigenvalue weighted by Gasteiger charge is -2.18. The van der Waals surface area contributed by atoms with Crippen LogP contribution in [0.15, 0.2) is 60.8 Å². The fraction of sp³-hybridized carbons (Fsp3) is 0.819. The summed E-state index contributed by atoms with van der Waals surface area (Å²) in [7, 11) is 0. The molecule has 0 amide bonds. The molecule has 0 aliphatic rings. The molecule has 0 aromatic carbocycles. The highest BCUT2D eigenvalue weighted by Gasteiger charge is 2.19. The van der Waals surface area contributed by atoms with E-state index < -0.39 is 6.10 Å². The van der Waals surface area contributed by atoms with E-state index in [0.29, 0.717) is 19.3 Å². The molecule has 0 radical (unpaired) electrons. The summed E-state index contributed by atoms with van der Waals surface area (Å²) in [4.78, 5) is 38.4. The van der Waals surface area contributed by atoms with Crippen LogP contribution in [0.5, 0.6) is 0 Å². The van der Waals surface area contributed by atoms with Gasteiger partial charge in [-0.25, -0.2) is 0 Å². The summed E-state index contributed by atoms with van der Waals surface area (Å²) >= 11 is 0. The largest absolute Gasteiger partial charge is 0.462 e. The number of ether oxygens (including phenoxy) is 3. The Kier molecular flexibility index (Phi) is 64.2. The molecule has 0 heterocycles. The second kappa shape index (κ2) is 66.6. The van der Waals surface area contributed by atoms with Crippen molar-refractivity contribution in [2.24, 2.45) is 0 Å². The van der Waals surface area contributed by atoms with E-state index in [1.807, 2.05) is 0 Å². The van der Waals surface area contributed by atoms with Crippen molar-refractivity contribution in [1.82, 2.24) is 0 Å². The maximum absolute atomic E-state index is 12.9. The monoisotopic (exact) mass is 1090 g/mol. The van der Waals surface area contributed by atoms with Gasteiger partial charge in [-0.3, -0.25) is 14.4 Å². The fourth-order valence-corrected chi connectivity index (χ4v) is 10.0. The van der Waals surface area contributed by atoms with Crippen molar-refractivity contribution in [2.45, 2.75) is 367 Å². The molecule has 1 unspecified atom stereocenters. The van der Waals surface area contributed by atoms with Crippen molar-refractivity contribution in [2.75, 3.05) is 13.2 Å². The van der Waals surface area contributed by atoms with E-state index in [1.165, 1.54) is 238 Å². The van der Waals surface area contributed by atoms with Gasteiger partial charge in [0.1, 0.15) is 13.2 Å². The molecule has 0 aromatic heterocycles. The average Bonchev–Trinajstić information content (AvgIpc) is 3.44. The van der Waals surface area contributed by atoms with E-state index in [-0.39, 0.29) is 31.1 Å². The zero-order chi connectivity index (χ0) is 56.4. The normalized spacial score (nSPS) is 12.4. The zero-order valence-electron chi connectivity index (χ0n) is 52.2. The molecule has 0 spiro atoms. The second-order valence-corrected chi connectivity index (χ2v) is 23.1. The molecule has 0 N–H and O–H groups in total. The first-order valence-corrected chi connectivity index (χ1v) is 34.3. The Hall–Kier alpha value is -2.89. The molecule has 0 aliphatic heterocycles. The molecular weight excluding hydrogens is 961 g/mol. The number of hydrogen-bond acceptors (Lipinski definition) is 6. The SMILES string of the molecule is CCCCCC/C=C\C/C=C\CCCCCCCC(=O)OCC(COC(=O)CCCCCCCCCCCCCCC/C=C\C/C=C\CCCCCCC)OC(=O)CCCCCCCCCCC/C=C\CCCCCCCC. The number of unbranched alkanes of at least 4 members (excludes halogenated alkanes) is 42. The first-order valence-electron chi connectivity index (χ1n) is 34.3. The lowest BCUT2D eigenvalue weighted by atomic mass is 10.0. The lowest BCUT2D eigenvalue weighted by molar-refractivity contribution is -0.167. The molecule has 6 nitrogen and oxygen atoms in total. The van der Waals surface area contributed by atoms with Gasteiger partial charge in [0.15, 0.2) is 6.10 Å². The van der Waals surface area contributed by atoms with Crippen LogP contribution in [0.2, 0.25) is 0 Å². The molecule has 78 heavy (non-hydrogen) atoms. The van der Waals surface area contributed by atoms with Crippen molar-refractivity contribution in [3.05, 3.63) is 60.8 Å². The molecule has 6 heteroatoms. The number of allylic oxidation sites excluding steroid dienone is 10. The van der Waals surface area contributed by atoms with E-state index in [1.54, 1.807) is 0 Å². The van der Waals surface area contributed by atoms with Crippen molar-refractivity contribution in [3.63, 3.8) is 0 Å². The van der Waals surface area contributed by atoms with Gasteiger partial charge in [-0.15, -0.1) is 0 Å². The number of rotatable bonds is 63. The van der Waals surface area contributed by atoms with Crippen molar-refractivity contribution in [1.29, 1.82) is 0 Å². The smallest absolute Gasteiger partial charge is 0.306 e. The predicted octanol–water partition coefficient (Wildman–Crippen LogP) is 23.5. The summed E-state index contributed by atoms with van der Waals surface area (Å²) in [6.07, 6.45) is 85.2. The third kappa shape index (κ3) is 63.9. The van der Waals surface area contributed by atoms with Crippen LogP contribution < -0.4 is 0 Å². The standard InChI is InChI=1S/C72H130O6/c1-4-7-10-13-16-19-22-25-28-31-33-34-35-36-37-38-40-41-44-47-50-53-56-59-62-65-71(74)77-68-69(67-76-70(73)64-61-58-55-52-49-46-43-30-27-24-21-18-15-12-9-6-3)78-72(75)66-63-60-57-54-51-48-45-42-39-32-29-26-23-20-17-14-11-8-5-2/h21-22,24-26,29-31,33,43,69H,4-20,23,27-28,32,34-42,44-68H2,1-3H3/b24-21-,25-22-,29-26-,33-31-,43-30-. The minimum atomic E-state index is -0.782. The van der Waals surface area contributed by atoms with E-state index in [9.17, 15) is 14.4 Å². The minimum absolute atomic E-state index is 0.0775. The molecule has 0 aliphatic carbocycles. The van der Waals surface area contributed by atoms with Crippen LogP contribution in [0.4, 0.5) is 0 Å². The molecule has 454 valence electrons. The number of carbonyl (C=O) groups is 3. The van der Waals surface area contributed by atoms with Crippen LogP contribution in [-0.2, 0) is 28.6 Å².